The summed E-state index contributed by atoms with van der Waals surface area (Å²) in [6.07, 6.45) is 2.77. The van der Waals surface area contributed by atoms with Crippen LogP contribution in [0.1, 0.15) is 43.0 Å². The lowest BCUT2D eigenvalue weighted by atomic mass is 9.91. The van der Waals surface area contributed by atoms with Crippen molar-refractivity contribution in [3.8, 4) is 11.5 Å². The van der Waals surface area contributed by atoms with Gasteiger partial charge in [0.15, 0.2) is 0 Å². The van der Waals surface area contributed by atoms with Crippen molar-refractivity contribution >= 4 is 0 Å². The van der Waals surface area contributed by atoms with E-state index in [0.29, 0.717) is 12.4 Å². The number of para-hydroxylation sites is 1. The highest BCUT2D eigenvalue weighted by atomic mass is 16.5. The first-order valence-electron chi connectivity index (χ1n) is 7.74. The van der Waals surface area contributed by atoms with Crippen LogP contribution in [-0.4, -0.2) is 5.11 Å². The summed E-state index contributed by atoms with van der Waals surface area (Å²) >= 11 is 0. The summed E-state index contributed by atoms with van der Waals surface area (Å²) in [6.45, 7) is 6.90. The number of phenols is 1. The lowest BCUT2D eigenvalue weighted by molar-refractivity contribution is 0.304. The van der Waals surface area contributed by atoms with Crippen LogP contribution in [0.4, 0.5) is 0 Å². The number of phenolic OH excluding ortho intramolecular Hbond substituents is 1. The van der Waals surface area contributed by atoms with Crippen LogP contribution in [-0.2, 0) is 25.9 Å². The van der Waals surface area contributed by atoms with E-state index in [1.165, 1.54) is 11.1 Å². The Hall–Kier alpha value is -1.96. The van der Waals surface area contributed by atoms with Gasteiger partial charge >= 0.3 is 0 Å². The first kappa shape index (κ1) is 15.4. The molecule has 0 atom stereocenters. The predicted octanol–water partition coefficient (Wildman–Crippen LogP) is 4.66. The van der Waals surface area contributed by atoms with Crippen molar-refractivity contribution in [3.63, 3.8) is 0 Å². The van der Waals surface area contributed by atoms with Gasteiger partial charge in [0.1, 0.15) is 18.1 Å². The summed E-state index contributed by atoms with van der Waals surface area (Å²) in [4.78, 5) is 0. The van der Waals surface area contributed by atoms with Crippen molar-refractivity contribution in [1.29, 1.82) is 0 Å². The highest BCUT2D eigenvalue weighted by Crippen LogP contribution is 2.30. The van der Waals surface area contributed by atoms with Gasteiger partial charge in [-0.05, 0) is 59.7 Å². The minimum absolute atomic E-state index is 0.401. The molecule has 2 rings (SSSR count). The van der Waals surface area contributed by atoms with Crippen LogP contribution in [0.25, 0.3) is 0 Å². The van der Waals surface area contributed by atoms with Crippen molar-refractivity contribution in [2.24, 2.45) is 0 Å². The van der Waals surface area contributed by atoms with Gasteiger partial charge in [0, 0.05) is 0 Å². The molecule has 0 amide bonds. The Labute approximate surface area is 127 Å². The van der Waals surface area contributed by atoms with Crippen molar-refractivity contribution in [2.75, 3.05) is 0 Å². The third-order valence-corrected chi connectivity index (χ3v) is 3.93. The second-order valence-corrected chi connectivity index (χ2v) is 5.15. The molecule has 2 aromatic carbocycles. The Bertz CT molecular complexity index is 588. The van der Waals surface area contributed by atoms with Crippen LogP contribution < -0.4 is 4.74 Å². The van der Waals surface area contributed by atoms with Crippen LogP contribution >= 0.6 is 0 Å². The fraction of sp³-hybridized carbons (Fsp3) is 0.368. The zero-order valence-corrected chi connectivity index (χ0v) is 13.1. The summed E-state index contributed by atoms with van der Waals surface area (Å²) in [5, 5.41) is 10.3. The van der Waals surface area contributed by atoms with Gasteiger partial charge in [-0.2, -0.15) is 0 Å². The molecule has 0 aliphatic carbocycles. The van der Waals surface area contributed by atoms with E-state index in [0.717, 1.165) is 36.1 Å². The van der Waals surface area contributed by atoms with Crippen molar-refractivity contribution in [3.05, 3.63) is 58.7 Å². The SMILES string of the molecule is CCc1c(O)cc(COc2ccccc2)c(CC)c1CC. The van der Waals surface area contributed by atoms with Crippen LogP contribution in [0.3, 0.4) is 0 Å². The third kappa shape index (κ3) is 3.38. The number of benzene rings is 2. The summed E-state index contributed by atoms with van der Waals surface area (Å²) in [7, 11) is 0. The van der Waals surface area contributed by atoms with Gasteiger partial charge < -0.3 is 9.84 Å². The number of hydrogen-bond donors (Lipinski definition) is 1. The minimum atomic E-state index is 0.401. The maximum atomic E-state index is 10.3. The molecule has 2 aromatic rings. The summed E-state index contributed by atoms with van der Waals surface area (Å²) < 4.78 is 5.85. The summed E-state index contributed by atoms with van der Waals surface area (Å²) in [6, 6.07) is 11.7. The normalized spacial score (nSPS) is 10.6. The van der Waals surface area contributed by atoms with Gasteiger partial charge in [0.05, 0.1) is 0 Å². The molecule has 0 bridgehead atoms. The number of hydrogen-bond acceptors (Lipinski definition) is 2. The third-order valence-electron chi connectivity index (χ3n) is 3.93. The first-order valence-corrected chi connectivity index (χ1v) is 7.74. The highest BCUT2D eigenvalue weighted by molar-refractivity contribution is 5.49. The molecule has 0 spiro atoms. The van der Waals surface area contributed by atoms with E-state index < -0.39 is 0 Å². The van der Waals surface area contributed by atoms with Crippen LogP contribution in [0.5, 0.6) is 11.5 Å². The van der Waals surface area contributed by atoms with Gasteiger partial charge in [0.25, 0.3) is 0 Å². The second-order valence-electron chi connectivity index (χ2n) is 5.15. The van der Waals surface area contributed by atoms with Gasteiger partial charge in [0.2, 0.25) is 0 Å². The smallest absolute Gasteiger partial charge is 0.119 e. The number of aromatic hydroxyl groups is 1. The zero-order chi connectivity index (χ0) is 15.2. The monoisotopic (exact) mass is 284 g/mol. The average Bonchev–Trinajstić information content (AvgIpc) is 2.53. The number of rotatable bonds is 6. The molecule has 0 aliphatic rings. The molecule has 0 fully saturated rings. The molecule has 2 nitrogen and oxygen atoms in total. The van der Waals surface area contributed by atoms with E-state index >= 15 is 0 Å². The molecule has 0 unspecified atom stereocenters. The van der Waals surface area contributed by atoms with Crippen LogP contribution in [0.2, 0.25) is 0 Å². The molecule has 0 saturated carbocycles. The molecule has 0 heterocycles. The van der Waals surface area contributed by atoms with Crippen molar-refractivity contribution < 1.29 is 9.84 Å². The Balaban J connectivity index is 2.32. The van der Waals surface area contributed by atoms with E-state index in [9.17, 15) is 5.11 Å². The van der Waals surface area contributed by atoms with Gasteiger partial charge in [-0.1, -0.05) is 39.0 Å². The zero-order valence-electron chi connectivity index (χ0n) is 13.1. The highest BCUT2D eigenvalue weighted by Gasteiger charge is 2.14. The lowest BCUT2D eigenvalue weighted by Crippen LogP contribution is -2.06. The predicted molar refractivity (Wildman–Crippen MR) is 87.0 cm³/mol. The Morgan fingerprint density at radius 2 is 1.48 bits per heavy atom. The van der Waals surface area contributed by atoms with E-state index in [2.05, 4.69) is 20.8 Å². The van der Waals surface area contributed by atoms with Crippen molar-refractivity contribution in [2.45, 2.75) is 46.6 Å². The van der Waals surface area contributed by atoms with E-state index in [-0.39, 0.29) is 0 Å². The Kier molecular flexibility index (Phi) is 5.26. The van der Waals surface area contributed by atoms with Crippen LogP contribution in [0.15, 0.2) is 36.4 Å². The van der Waals surface area contributed by atoms with Gasteiger partial charge in [-0.25, -0.2) is 0 Å². The molecule has 1 N–H and O–H groups in total. The molecular weight excluding hydrogens is 260 g/mol. The minimum Gasteiger partial charge on any atom is -0.508 e. The molecule has 21 heavy (non-hydrogen) atoms. The van der Waals surface area contributed by atoms with E-state index in [1.54, 1.807) is 0 Å². The van der Waals surface area contributed by atoms with Gasteiger partial charge in [-0.3, -0.25) is 0 Å². The molecule has 0 radical (unpaired) electrons. The largest absolute Gasteiger partial charge is 0.508 e. The molecule has 0 saturated heterocycles. The maximum absolute atomic E-state index is 10.3. The first-order chi connectivity index (χ1) is 10.2. The van der Waals surface area contributed by atoms with Crippen LogP contribution in [0, 0.1) is 0 Å². The van der Waals surface area contributed by atoms with E-state index in [1.807, 2.05) is 36.4 Å². The standard InChI is InChI=1S/C19H24O2/c1-4-16-14(13-21-15-10-8-7-9-11-15)12-19(20)18(6-3)17(16)5-2/h7-12,20H,4-6,13H2,1-3H3. The molecule has 0 aromatic heterocycles. The molecular formula is C19H24O2. The average molecular weight is 284 g/mol. The maximum Gasteiger partial charge on any atom is 0.119 e. The Morgan fingerprint density at radius 1 is 0.857 bits per heavy atom. The molecule has 2 heteroatoms. The van der Waals surface area contributed by atoms with E-state index in [4.69, 9.17) is 4.74 Å². The van der Waals surface area contributed by atoms with Crippen molar-refractivity contribution in [1.82, 2.24) is 0 Å². The lowest BCUT2D eigenvalue weighted by Gasteiger charge is -2.18. The summed E-state index contributed by atoms with van der Waals surface area (Å²) in [5.74, 6) is 1.26. The fourth-order valence-corrected chi connectivity index (χ4v) is 2.94. The quantitative estimate of drug-likeness (QED) is 0.836. The molecule has 112 valence electrons. The van der Waals surface area contributed by atoms with Gasteiger partial charge in [-0.15, -0.1) is 0 Å². The second kappa shape index (κ2) is 7.16. The topological polar surface area (TPSA) is 29.5 Å². The number of ether oxygens (including phenoxy) is 1. The molecule has 0 aliphatic heterocycles. The summed E-state index contributed by atoms with van der Waals surface area (Å²) in [5.41, 5.74) is 4.78. The fourth-order valence-electron chi connectivity index (χ4n) is 2.94. The Morgan fingerprint density at radius 3 is 2.05 bits per heavy atom.